The van der Waals surface area contributed by atoms with E-state index < -0.39 is 5.97 Å². The molecule has 3 rings (SSSR count). The number of ether oxygens (including phenoxy) is 2. The monoisotopic (exact) mass is 451 g/mol. The minimum atomic E-state index is -0.973. The van der Waals surface area contributed by atoms with Crippen LogP contribution in [0.15, 0.2) is 6.07 Å². The Morgan fingerprint density at radius 3 is 2.48 bits per heavy atom. The van der Waals surface area contributed by atoms with Crippen molar-refractivity contribution in [3.63, 3.8) is 0 Å². The maximum Gasteiger partial charge on any atom is 0.348 e. The van der Waals surface area contributed by atoms with Gasteiger partial charge in [-0.15, -0.1) is 11.3 Å². The molecule has 1 saturated heterocycles. The van der Waals surface area contributed by atoms with E-state index in [-0.39, 0.29) is 29.5 Å². The van der Waals surface area contributed by atoms with E-state index in [0.29, 0.717) is 30.2 Å². The molecule has 31 heavy (non-hydrogen) atoms. The zero-order valence-corrected chi connectivity index (χ0v) is 20.1. The molecule has 1 aliphatic heterocycles. The molecule has 2 aliphatic rings. The minimum absolute atomic E-state index is 0.0378. The van der Waals surface area contributed by atoms with Gasteiger partial charge in [0.05, 0.1) is 24.9 Å². The smallest absolute Gasteiger partial charge is 0.348 e. The molecule has 1 atom stereocenters. The van der Waals surface area contributed by atoms with Gasteiger partial charge in [-0.2, -0.15) is 0 Å². The molecule has 1 saturated carbocycles. The number of carboxylic acids is 1. The third-order valence-electron chi connectivity index (χ3n) is 6.73. The lowest BCUT2D eigenvalue weighted by Crippen LogP contribution is -2.50. The largest absolute Gasteiger partial charge is 0.477 e. The number of amides is 1. The van der Waals surface area contributed by atoms with Gasteiger partial charge in [-0.25, -0.2) is 4.79 Å². The van der Waals surface area contributed by atoms with Crippen LogP contribution in [0.1, 0.15) is 93.1 Å². The van der Waals surface area contributed by atoms with Crippen LogP contribution in [0.4, 0.5) is 5.69 Å². The lowest BCUT2D eigenvalue weighted by atomic mass is 9.73. The van der Waals surface area contributed by atoms with Gasteiger partial charge in [-0.1, -0.05) is 40.5 Å². The van der Waals surface area contributed by atoms with Crippen LogP contribution in [0, 0.1) is 11.3 Å². The highest BCUT2D eigenvalue weighted by molar-refractivity contribution is 7.14. The molecule has 1 aromatic rings. The summed E-state index contributed by atoms with van der Waals surface area (Å²) < 4.78 is 11.0. The fourth-order valence-corrected chi connectivity index (χ4v) is 5.77. The van der Waals surface area contributed by atoms with Crippen LogP contribution in [0.2, 0.25) is 0 Å². The molecular formula is C24H37NO5S. The lowest BCUT2D eigenvalue weighted by molar-refractivity contribution is -0.130. The van der Waals surface area contributed by atoms with Gasteiger partial charge >= 0.3 is 5.97 Å². The molecule has 6 nitrogen and oxygen atoms in total. The van der Waals surface area contributed by atoms with Crippen LogP contribution in [0.5, 0.6) is 0 Å². The van der Waals surface area contributed by atoms with Crippen molar-refractivity contribution in [1.29, 1.82) is 0 Å². The van der Waals surface area contributed by atoms with Crippen molar-refractivity contribution in [2.75, 3.05) is 24.9 Å². The molecule has 0 aromatic carbocycles. The average molecular weight is 452 g/mol. The van der Waals surface area contributed by atoms with E-state index in [9.17, 15) is 14.7 Å². The molecular weight excluding hydrogens is 414 g/mol. The summed E-state index contributed by atoms with van der Waals surface area (Å²) in [6.07, 6.45) is 7.16. The van der Waals surface area contributed by atoms with Crippen LogP contribution < -0.4 is 4.90 Å². The molecule has 2 fully saturated rings. The first-order chi connectivity index (χ1) is 14.7. The number of thiophene rings is 1. The van der Waals surface area contributed by atoms with E-state index in [1.165, 1.54) is 11.3 Å². The zero-order valence-electron chi connectivity index (χ0n) is 19.3. The maximum absolute atomic E-state index is 13.5. The number of carbonyl (C=O) groups is 2. The normalized spacial score (nSPS) is 21.0. The van der Waals surface area contributed by atoms with Crippen molar-refractivity contribution in [3.05, 3.63) is 15.8 Å². The van der Waals surface area contributed by atoms with Crippen molar-refractivity contribution in [2.24, 2.45) is 11.3 Å². The van der Waals surface area contributed by atoms with Crippen LogP contribution in [-0.4, -0.2) is 43.0 Å². The standard InChI is InChI=1S/C24H37NO5S/c1-5-6-7-16(2)22(26)25(18-13-29-15-30-14-18)19-12-20(31-21(19)23(27)28)17-8-10-24(3,4)11-9-17/h12,16-18H,5-11,13-15H2,1-4H3,(H,27,28). The van der Waals surface area contributed by atoms with Gasteiger partial charge in [0.1, 0.15) is 11.7 Å². The van der Waals surface area contributed by atoms with Gasteiger partial charge in [0, 0.05) is 10.8 Å². The molecule has 0 spiro atoms. The Hall–Kier alpha value is -1.44. The molecule has 1 aromatic heterocycles. The van der Waals surface area contributed by atoms with Crippen LogP contribution in [0.25, 0.3) is 0 Å². The number of aromatic carboxylic acids is 1. The predicted molar refractivity (Wildman–Crippen MR) is 123 cm³/mol. The molecule has 1 N–H and O–H groups in total. The average Bonchev–Trinajstić information content (AvgIpc) is 3.18. The van der Waals surface area contributed by atoms with Gasteiger partial charge in [0.2, 0.25) is 5.91 Å². The van der Waals surface area contributed by atoms with Crippen molar-refractivity contribution in [2.45, 2.75) is 84.6 Å². The number of rotatable bonds is 8. The Kier molecular flexibility index (Phi) is 8.16. The summed E-state index contributed by atoms with van der Waals surface area (Å²) in [4.78, 5) is 28.7. The Labute approximate surface area is 189 Å². The van der Waals surface area contributed by atoms with Crippen LogP contribution in [-0.2, 0) is 14.3 Å². The van der Waals surface area contributed by atoms with Gasteiger partial charge in [0.25, 0.3) is 0 Å². The highest BCUT2D eigenvalue weighted by Crippen LogP contribution is 2.46. The van der Waals surface area contributed by atoms with Gasteiger partial charge in [-0.3, -0.25) is 4.79 Å². The third-order valence-corrected chi connectivity index (χ3v) is 8.00. The summed E-state index contributed by atoms with van der Waals surface area (Å²) in [5.74, 6) is -0.830. The molecule has 1 amide bonds. The predicted octanol–water partition coefficient (Wildman–Crippen LogP) is 5.66. The summed E-state index contributed by atoms with van der Waals surface area (Å²) in [7, 11) is 0. The lowest BCUT2D eigenvalue weighted by Gasteiger charge is -2.35. The van der Waals surface area contributed by atoms with E-state index in [4.69, 9.17) is 9.47 Å². The second-order valence-corrected chi connectivity index (χ2v) is 11.0. The Morgan fingerprint density at radius 1 is 1.26 bits per heavy atom. The van der Waals surface area contributed by atoms with E-state index >= 15 is 0 Å². The summed E-state index contributed by atoms with van der Waals surface area (Å²) in [5.41, 5.74) is 0.865. The quantitative estimate of drug-likeness (QED) is 0.552. The second kappa shape index (κ2) is 10.5. The number of hydrogen-bond donors (Lipinski definition) is 1. The first-order valence-corrected chi connectivity index (χ1v) is 12.4. The second-order valence-electron chi connectivity index (χ2n) is 9.87. The Balaban J connectivity index is 1.94. The fourth-order valence-electron chi connectivity index (χ4n) is 4.61. The van der Waals surface area contributed by atoms with Gasteiger partial charge in [-0.05, 0) is 49.5 Å². The van der Waals surface area contributed by atoms with Gasteiger partial charge < -0.3 is 19.5 Å². The van der Waals surface area contributed by atoms with Crippen LogP contribution >= 0.6 is 11.3 Å². The summed E-state index contributed by atoms with van der Waals surface area (Å²) in [6.45, 7) is 9.56. The summed E-state index contributed by atoms with van der Waals surface area (Å²) in [6, 6.07) is 1.66. The molecule has 0 radical (unpaired) electrons. The molecule has 1 unspecified atom stereocenters. The van der Waals surface area contributed by atoms with Crippen molar-refractivity contribution in [1.82, 2.24) is 0 Å². The third kappa shape index (κ3) is 5.88. The maximum atomic E-state index is 13.5. The molecule has 0 bridgehead atoms. The van der Waals surface area contributed by atoms with Gasteiger partial charge in [0.15, 0.2) is 0 Å². The Morgan fingerprint density at radius 2 is 1.90 bits per heavy atom. The van der Waals surface area contributed by atoms with Crippen molar-refractivity contribution < 1.29 is 24.2 Å². The summed E-state index contributed by atoms with van der Waals surface area (Å²) >= 11 is 1.34. The first kappa shape index (κ1) is 24.2. The number of anilines is 1. The highest BCUT2D eigenvalue weighted by atomic mass is 32.1. The number of unbranched alkanes of at least 4 members (excludes halogenated alkanes) is 1. The topological polar surface area (TPSA) is 76.1 Å². The SMILES string of the molecule is CCCCC(C)C(=O)N(c1cc(C2CCC(C)(C)CC2)sc1C(=O)O)C1COCOC1. The highest BCUT2D eigenvalue weighted by Gasteiger charge is 2.36. The molecule has 7 heteroatoms. The van der Waals surface area contributed by atoms with E-state index in [0.717, 1.165) is 49.8 Å². The number of nitrogens with zero attached hydrogens (tertiary/aromatic N) is 1. The molecule has 174 valence electrons. The zero-order chi connectivity index (χ0) is 22.6. The van der Waals surface area contributed by atoms with E-state index in [1.54, 1.807) is 4.90 Å². The molecule has 2 heterocycles. The fraction of sp³-hybridized carbons (Fsp3) is 0.750. The first-order valence-electron chi connectivity index (χ1n) is 11.6. The molecule has 1 aliphatic carbocycles. The van der Waals surface area contributed by atoms with E-state index in [1.807, 2.05) is 13.0 Å². The van der Waals surface area contributed by atoms with E-state index in [2.05, 4.69) is 20.8 Å². The minimum Gasteiger partial charge on any atom is -0.477 e. The number of carboxylic acid groups (broad SMARTS) is 1. The summed E-state index contributed by atoms with van der Waals surface area (Å²) in [5, 5.41) is 9.98. The number of hydrogen-bond acceptors (Lipinski definition) is 5. The van der Waals surface area contributed by atoms with Crippen molar-refractivity contribution >= 4 is 28.9 Å². The Bertz CT molecular complexity index is 758. The number of carbonyl (C=O) groups excluding carboxylic acids is 1. The van der Waals surface area contributed by atoms with Crippen molar-refractivity contribution in [3.8, 4) is 0 Å². The van der Waals surface area contributed by atoms with Crippen LogP contribution in [0.3, 0.4) is 0 Å².